The summed E-state index contributed by atoms with van der Waals surface area (Å²) in [7, 11) is 0. The second kappa shape index (κ2) is 12.2. The summed E-state index contributed by atoms with van der Waals surface area (Å²) in [4.78, 5) is 14.8. The lowest BCUT2D eigenvalue weighted by molar-refractivity contribution is -0.129. The SMILES string of the molecule is C=CCn1c(COc2ccccc2F)nnc1SCC(=O)N(CCC)Cc1ccc(C)cc1. The Labute approximate surface area is 198 Å². The third kappa shape index (κ3) is 6.92. The van der Waals surface area contributed by atoms with Gasteiger partial charge in [-0.25, -0.2) is 4.39 Å². The van der Waals surface area contributed by atoms with Crippen molar-refractivity contribution >= 4 is 17.7 Å². The summed E-state index contributed by atoms with van der Waals surface area (Å²) < 4.78 is 21.2. The van der Waals surface area contributed by atoms with Crippen molar-refractivity contribution in [2.24, 2.45) is 0 Å². The Kier molecular flexibility index (Phi) is 9.06. The monoisotopic (exact) mass is 468 g/mol. The molecule has 3 rings (SSSR count). The van der Waals surface area contributed by atoms with Crippen LogP contribution in [0.15, 0.2) is 66.3 Å². The fraction of sp³-hybridized carbons (Fsp3) is 0.320. The molecule has 0 spiro atoms. The van der Waals surface area contributed by atoms with Crippen molar-refractivity contribution in [2.45, 2.75) is 45.1 Å². The highest BCUT2D eigenvalue weighted by molar-refractivity contribution is 7.99. The molecule has 0 aliphatic heterocycles. The van der Waals surface area contributed by atoms with Gasteiger partial charge < -0.3 is 9.64 Å². The molecule has 1 heterocycles. The number of rotatable bonds is 12. The molecule has 6 nitrogen and oxygen atoms in total. The molecular weight excluding hydrogens is 439 g/mol. The van der Waals surface area contributed by atoms with Crippen LogP contribution in [0.2, 0.25) is 0 Å². The van der Waals surface area contributed by atoms with Crippen LogP contribution in [0.4, 0.5) is 4.39 Å². The molecule has 0 saturated heterocycles. The molecule has 0 bridgehead atoms. The van der Waals surface area contributed by atoms with Crippen molar-refractivity contribution in [2.75, 3.05) is 12.3 Å². The van der Waals surface area contributed by atoms with E-state index in [1.165, 1.54) is 23.4 Å². The van der Waals surface area contributed by atoms with E-state index in [2.05, 4.69) is 48.0 Å². The van der Waals surface area contributed by atoms with Crippen LogP contribution >= 0.6 is 11.8 Å². The standard InChI is InChI=1S/C25H29FN4O2S/c1-4-14-29(16-20-12-10-19(3)11-13-20)24(31)18-33-25-28-27-23(30(25)15-5-2)17-32-22-9-7-6-8-21(22)26/h5-13H,2,4,14-18H2,1,3H3. The van der Waals surface area contributed by atoms with Crippen LogP contribution in [0.5, 0.6) is 5.75 Å². The zero-order valence-corrected chi connectivity index (χ0v) is 19.9. The van der Waals surface area contributed by atoms with Gasteiger partial charge in [0.15, 0.2) is 22.5 Å². The molecule has 0 atom stereocenters. The number of halogens is 1. The maximum atomic E-state index is 13.8. The molecule has 33 heavy (non-hydrogen) atoms. The van der Waals surface area contributed by atoms with E-state index in [1.807, 2.05) is 16.4 Å². The first-order chi connectivity index (χ1) is 16.0. The van der Waals surface area contributed by atoms with E-state index in [-0.39, 0.29) is 24.0 Å². The third-order valence-electron chi connectivity index (χ3n) is 4.96. The first kappa shape index (κ1) is 24.5. The minimum atomic E-state index is -0.433. The lowest BCUT2D eigenvalue weighted by Crippen LogP contribution is -2.32. The predicted octanol–water partition coefficient (Wildman–Crippen LogP) is 5.02. The van der Waals surface area contributed by atoms with Crippen LogP contribution in [0, 0.1) is 12.7 Å². The lowest BCUT2D eigenvalue weighted by Gasteiger charge is -2.22. The molecular formula is C25H29FN4O2S. The summed E-state index contributed by atoms with van der Waals surface area (Å²) in [6.07, 6.45) is 2.61. The fourth-order valence-electron chi connectivity index (χ4n) is 3.24. The molecule has 0 fully saturated rings. The molecule has 0 aliphatic rings. The van der Waals surface area contributed by atoms with Crippen LogP contribution < -0.4 is 4.74 Å². The van der Waals surface area contributed by atoms with Gasteiger partial charge in [0, 0.05) is 19.6 Å². The number of aromatic nitrogens is 3. The van der Waals surface area contributed by atoms with Gasteiger partial charge in [-0.3, -0.25) is 9.36 Å². The average Bonchev–Trinajstić information content (AvgIpc) is 3.19. The van der Waals surface area contributed by atoms with Gasteiger partial charge in [-0.2, -0.15) is 0 Å². The number of carbonyl (C=O) groups excluding carboxylic acids is 1. The number of thioether (sulfide) groups is 1. The second-order valence-electron chi connectivity index (χ2n) is 7.61. The van der Waals surface area contributed by atoms with Gasteiger partial charge in [0.1, 0.15) is 6.61 Å². The van der Waals surface area contributed by atoms with Crippen molar-refractivity contribution in [3.63, 3.8) is 0 Å². The summed E-state index contributed by atoms with van der Waals surface area (Å²) in [5.41, 5.74) is 2.30. The molecule has 1 aromatic heterocycles. The summed E-state index contributed by atoms with van der Waals surface area (Å²) in [6.45, 7) is 9.68. The zero-order valence-electron chi connectivity index (χ0n) is 19.0. The largest absolute Gasteiger partial charge is 0.483 e. The number of ether oxygens (including phenoxy) is 1. The highest BCUT2D eigenvalue weighted by Crippen LogP contribution is 2.21. The average molecular weight is 469 g/mol. The first-order valence-electron chi connectivity index (χ1n) is 10.9. The number of allylic oxidation sites excluding steroid dienone is 1. The van der Waals surface area contributed by atoms with Crippen LogP contribution in [0.1, 0.15) is 30.3 Å². The molecule has 0 saturated carbocycles. The summed E-state index contributed by atoms with van der Waals surface area (Å²) in [6, 6.07) is 14.4. The van der Waals surface area contributed by atoms with Gasteiger partial charge >= 0.3 is 0 Å². The van der Waals surface area contributed by atoms with E-state index in [0.29, 0.717) is 30.6 Å². The quantitative estimate of drug-likeness (QED) is 0.276. The van der Waals surface area contributed by atoms with Crippen molar-refractivity contribution in [1.29, 1.82) is 0 Å². The lowest BCUT2D eigenvalue weighted by atomic mass is 10.1. The van der Waals surface area contributed by atoms with Gasteiger partial charge in [-0.05, 0) is 31.0 Å². The summed E-state index contributed by atoms with van der Waals surface area (Å²) in [5, 5.41) is 9.01. The van der Waals surface area contributed by atoms with Gasteiger partial charge in [-0.1, -0.05) is 66.7 Å². The minimum Gasteiger partial charge on any atom is -0.483 e. The van der Waals surface area contributed by atoms with Gasteiger partial charge in [-0.15, -0.1) is 16.8 Å². The predicted molar refractivity (Wildman–Crippen MR) is 129 cm³/mol. The van der Waals surface area contributed by atoms with Crippen molar-refractivity contribution in [1.82, 2.24) is 19.7 Å². The summed E-state index contributed by atoms with van der Waals surface area (Å²) >= 11 is 1.33. The smallest absolute Gasteiger partial charge is 0.233 e. The van der Waals surface area contributed by atoms with E-state index >= 15 is 0 Å². The summed E-state index contributed by atoms with van der Waals surface area (Å²) in [5.74, 6) is 0.547. The Balaban J connectivity index is 1.64. The van der Waals surface area contributed by atoms with Crippen LogP contribution in [0.3, 0.4) is 0 Å². The second-order valence-corrected chi connectivity index (χ2v) is 8.55. The number of nitrogens with zero attached hydrogens (tertiary/aromatic N) is 4. The van der Waals surface area contributed by atoms with E-state index in [9.17, 15) is 9.18 Å². The van der Waals surface area contributed by atoms with Gasteiger partial charge in [0.2, 0.25) is 5.91 Å². The van der Waals surface area contributed by atoms with Crippen LogP contribution in [-0.2, 0) is 24.5 Å². The number of aryl methyl sites for hydroxylation is 1. The Bertz CT molecular complexity index is 1070. The molecule has 8 heteroatoms. The number of amides is 1. The molecule has 1 amide bonds. The fourth-order valence-corrected chi connectivity index (χ4v) is 4.11. The van der Waals surface area contributed by atoms with Crippen molar-refractivity contribution in [3.8, 4) is 5.75 Å². The first-order valence-corrected chi connectivity index (χ1v) is 11.9. The van der Waals surface area contributed by atoms with E-state index in [1.54, 1.807) is 24.3 Å². The topological polar surface area (TPSA) is 60.2 Å². The molecule has 0 aliphatic carbocycles. The number of para-hydroxylation sites is 1. The Morgan fingerprint density at radius 3 is 2.67 bits per heavy atom. The van der Waals surface area contributed by atoms with Crippen molar-refractivity contribution < 1.29 is 13.9 Å². The van der Waals surface area contributed by atoms with Gasteiger partial charge in [0.25, 0.3) is 0 Å². The molecule has 174 valence electrons. The van der Waals surface area contributed by atoms with E-state index < -0.39 is 5.82 Å². The minimum absolute atomic E-state index is 0.0414. The van der Waals surface area contributed by atoms with Crippen LogP contribution in [0.25, 0.3) is 0 Å². The molecule has 0 radical (unpaired) electrons. The molecule has 0 unspecified atom stereocenters. The molecule has 0 N–H and O–H groups in total. The Morgan fingerprint density at radius 2 is 1.97 bits per heavy atom. The molecule has 2 aromatic carbocycles. The van der Waals surface area contributed by atoms with Crippen LogP contribution in [-0.4, -0.2) is 37.9 Å². The third-order valence-corrected chi connectivity index (χ3v) is 5.92. The number of hydrogen-bond acceptors (Lipinski definition) is 5. The number of benzene rings is 2. The highest BCUT2D eigenvalue weighted by atomic mass is 32.2. The van der Waals surface area contributed by atoms with E-state index in [4.69, 9.17) is 4.74 Å². The number of carbonyl (C=O) groups is 1. The van der Waals surface area contributed by atoms with Gasteiger partial charge in [0.05, 0.1) is 5.75 Å². The zero-order chi connectivity index (χ0) is 23.6. The van der Waals surface area contributed by atoms with Crippen molar-refractivity contribution in [3.05, 3.63) is 84.0 Å². The Hall–Kier alpha value is -3.13. The molecule has 3 aromatic rings. The maximum Gasteiger partial charge on any atom is 0.233 e. The Morgan fingerprint density at radius 1 is 1.21 bits per heavy atom. The highest BCUT2D eigenvalue weighted by Gasteiger charge is 2.18. The van der Waals surface area contributed by atoms with E-state index in [0.717, 1.165) is 12.0 Å². The number of hydrogen-bond donors (Lipinski definition) is 0. The normalized spacial score (nSPS) is 10.8. The maximum absolute atomic E-state index is 13.8.